The number of hydrogen-bond donors (Lipinski definition) is 1. The number of aromatic nitrogens is 5. The van der Waals surface area contributed by atoms with Gasteiger partial charge in [0, 0.05) is 24.8 Å². The monoisotopic (exact) mass is 356 g/mol. The minimum Gasteiger partial charge on any atom is -0.362 e. The molecule has 0 aliphatic heterocycles. The Kier molecular flexibility index (Phi) is 3.07. The zero-order valence-electron chi connectivity index (χ0n) is 11.9. The van der Waals surface area contributed by atoms with E-state index in [-0.39, 0.29) is 0 Å². The van der Waals surface area contributed by atoms with E-state index < -0.39 is 0 Å². The molecule has 3 aromatic heterocycles. The van der Waals surface area contributed by atoms with Crippen LogP contribution in [-0.4, -0.2) is 24.4 Å². The van der Waals surface area contributed by atoms with Crippen LogP contribution in [0.15, 0.2) is 47.3 Å². The zero-order chi connectivity index (χ0) is 15.1. The van der Waals surface area contributed by atoms with E-state index in [1.807, 2.05) is 30.1 Å². The van der Waals surface area contributed by atoms with Gasteiger partial charge in [-0.15, -0.1) is 0 Å². The maximum atomic E-state index is 4.59. The van der Waals surface area contributed by atoms with Crippen molar-refractivity contribution in [3.8, 4) is 0 Å². The number of anilines is 1. The predicted molar refractivity (Wildman–Crippen MR) is 88.7 cm³/mol. The van der Waals surface area contributed by atoms with Crippen molar-refractivity contribution in [2.75, 3.05) is 5.32 Å². The first-order valence-corrected chi connectivity index (χ1v) is 7.65. The molecule has 110 valence electrons. The van der Waals surface area contributed by atoms with E-state index >= 15 is 0 Å². The van der Waals surface area contributed by atoms with Crippen LogP contribution in [0.25, 0.3) is 16.4 Å². The molecule has 0 spiro atoms. The van der Waals surface area contributed by atoms with Crippen LogP contribution in [0.1, 0.15) is 5.69 Å². The van der Waals surface area contributed by atoms with Crippen molar-refractivity contribution in [1.82, 2.24) is 24.4 Å². The molecule has 6 nitrogen and oxygen atoms in total. The average molecular weight is 357 g/mol. The summed E-state index contributed by atoms with van der Waals surface area (Å²) in [6.07, 6.45) is 5.31. The highest BCUT2D eigenvalue weighted by Crippen LogP contribution is 2.24. The van der Waals surface area contributed by atoms with E-state index in [0.717, 1.165) is 32.4 Å². The highest BCUT2D eigenvalue weighted by atomic mass is 79.9. The van der Waals surface area contributed by atoms with Crippen LogP contribution in [-0.2, 0) is 13.6 Å². The maximum Gasteiger partial charge on any atom is 0.153 e. The van der Waals surface area contributed by atoms with Gasteiger partial charge in [-0.3, -0.25) is 4.68 Å². The van der Waals surface area contributed by atoms with E-state index in [1.54, 1.807) is 16.9 Å². The third-order valence-electron chi connectivity index (χ3n) is 3.64. The Balaban J connectivity index is 1.70. The smallest absolute Gasteiger partial charge is 0.153 e. The largest absolute Gasteiger partial charge is 0.362 e. The van der Waals surface area contributed by atoms with E-state index in [2.05, 4.69) is 48.6 Å². The van der Waals surface area contributed by atoms with Crippen molar-refractivity contribution in [3.05, 3.63) is 53.0 Å². The minimum atomic E-state index is 0.603. The number of hydrogen-bond acceptors (Lipinski definition) is 4. The molecule has 0 bridgehead atoms. The van der Waals surface area contributed by atoms with E-state index in [9.17, 15) is 0 Å². The molecule has 4 rings (SSSR count). The standard InChI is InChI=1S/C15H13BrN6/c1-21-13-5-3-2-4-10(13)12(20-21)9-18-15-14-11(16)8-19-22(14)7-6-17-15/h2-8H,9H2,1H3,(H,17,18). The van der Waals surface area contributed by atoms with Gasteiger partial charge in [-0.2, -0.15) is 10.2 Å². The molecule has 0 fully saturated rings. The summed E-state index contributed by atoms with van der Waals surface area (Å²) in [5.74, 6) is 0.779. The Hall–Kier alpha value is -2.41. The molecular weight excluding hydrogens is 344 g/mol. The zero-order valence-corrected chi connectivity index (χ0v) is 13.4. The van der Waals surface area contributed by atoms with Crippen molar-refractivity contribution in [3.63, 3.8) is 0 Å². The summed E-state index contributed by atoms with van der Waals surface area (Å²) in [5.41, 5.74) is 3.04. The molecule has 0 aliphatic rings. The molecule has 0 radical (unpaired) electrons. The van der Waals surface area contributed by atoms with Crippen LogP contribution in [0.2, 0.25) is 0 Å². The van der Waals surface area contributed by atoms with Crippen molar-refractivity contribution < 1.29 is 0 Å². The van der Waals surface area contributed by atoms with Crippen molar-refractivity contribution in [2.45, 2.75) is 6.54 Å². The number of fused-ring (bicyclic) bond motifs is 2. The third-order valence-corrected chi connectivity index (χ3v) is 4.22. The Labute approximate surface area is 134 Å². The first-order chi connectivity index (χ1) is 10.7. The topological polar surface area (TPSA) is 60.0 Å². The number of rotatable bonds is 3. The number of nitrogens with one attached hydrogen (secondary N) is 1. The van der Waals surface area contributed by atoms with E-state index in [0.29, 0.717) is 6.54 Å². The Morgan fingerprint density at radius 2 is 2.14 bits per heavy atom. The molecule has 7 heteroatoms. The summed E-state index contributed by atoms with van der Waals surface area (Å²) in [5, 5.41) is 13.4. The van der Waals surface area contributed by atoms with Gasteiger partial charge >= 0.3 is 0 Å². The summed E-state index contributed by atoms with van der Waals surface area (Å²) < 4.78 is 4.60. The van der Waals surface area contributed by atoms with Gasteiger partial charge in [0.2, 0.25) is 0 Å². The molecule has 3 heterocycles. The lowest BCUT2D eigenvalue weighted by molar-refractivity contribution is 0.771. The summed E-state index contributed by atoms with van der Waals surface area (Å²) in [4.78, 5) is 4.41. The van der Waals surface area contributed by atoms with Gasteiger partial charge in [-0.25, -0.2) is 9.50 Å². The molecule has 0 atom stereocenters. The number of para-hydroxylation sites is 1. The molecule has 4 aromatic rings. The SMILES string of the molecule is Cn1nc(CNc2nccn3ncc(Br)c23)c2ccccc21. The maximum absolute atomic E-state index is 4.59. The van der Waals surface area contributed by atoms with Crippen molar-refractivity contribution in [2.24, 2.45) is 7.05 Å². The van der Waals surface area contributed by atoms with Gasteiger partial charge in [-0.05, 0) is 22.0 Å². The van der Waals surface area contributed by atoms with Crippen LogP contribution in [0, 0.1) is 0 Å². The summed E-state index contributed by atoms with van der Waals surface area (Å²) in [6, 6.07) is 8.20. The second-order valence-corrected chi connectivity index (χ2v) is 5.86. The quantitative estimate of drug-likeness (QED) is 0.612. The fourth-order valence-corrected chi connectivity index (χ4v) is 3.09. The van der Waals surface area contributed by atoms with Gasteiger partial charge < -0.3 is 5.32 Å². The fourth-order valence-electron chi connectivity index (χ4n) is 2.62. The number of aryl methyl sites for hydroxylation is 1. The molecule has 0 saturated heterocycles. The molecule has 1 N–H and O–H groups in total. The fraction of sp³-hybridized carbons (Fsp3) is 0.133. The minimum absolute atomic E-state index is 0.603. The van der Waals surface area contributed by atoms with E-state index in [4.69, 9.17) is 0 Å². The average Bonchev–Trinajstić information content (AvgIpc) is 3.08. The number of nitrogens with zero attached hydrogens (tertiary/aromatic N) is 5. The van der Waals surface area contributed by atoms with Crippen molar-refractivity contribution in [1.29, 1.82) is 0 Å². The number of halogens is 1. The van der Waals surface area contributed by atoms with Crippen LogP contribution in [0.4, 0.5) is 5.82 Å². The summed E-state index contributed by atoms with van der Waals surface area (Å²) in [6.45, 7) is 0.603. The Bertz CT molecular complexity index is 971. The Morgan fingerprint density at radius 1 is 1.27 bits per heavy atom. The first kappa shape index (κ1) is 13.3. The second kappa shape index (κ2) is 5.10. The first-order valence-electron chi connectivity index (χ1n) is 6.86. The van der Waals surface area contributed by atoms with Crippen LogP contribution < -0.4 is 5.32 Å². The van der Waals surface area contributed by atoms with Crippen LogP contribution >= 0.6 is 15.9 Å². The normalized spacial score (nSPS) is 11.4. The van der Waals surface area contributed by atoms with E-state index in [1.165, 1.54) is 0 Å². The third kappa shape index (κ3) is 2.05. The van der Waals surface area contributed by atoms with Crippen LogP contribution in [0.5, 0.6) is 0 Å². The van der Waals surface area contributed by atoms with Gasteiger partial charge in [0.25, 0.3) is 0 Å². The van der Waals surface area contributed by atoms with Gasteiger partial charge in [-0.1, -0.05) is 18.2 Å². The Morgan fingerprint density at radius 3 is 3.05 bits per heavy atom. The molecule has 22 heavy (non-hydrogen) atoms. The molecule has 0 aliphatic carbocycles. The molecule has 0 unspecified atom stereocenters. The van der Waals surface area contributed by atoms with Crippen LogP contribution in [0.3, 0.4) is 0 Å². The van der Waals surface area contributed by atoms with Crippen molar-refractivity contribution >= 4 is 38.2 Å². The number of benzene rings is 1. The molecule has 1 aromatic carbocycles. The van der Waals surface area contributed by atoms with Gasteiger partial charge in [0.1, 0.15) is 5.52 Å². The second-order valence-electron chi connectivity index (χ2n) is 5.00. The lowest BCUT2D eigenvalue weighted by Gasteiger charge is -2.06. The lowest BCUT2D eigenvalue weighted by atomic mass is 10.2. The molecule has 0 amide bonds. The van der Waals surface area contributed by atoms with Gasteiger partial charge in [0.15, 0.2) is 5.82 Å². The molecule has 0 saturated carbocycles. The summed E-state index contributed by atoms with van der Waals surface area (Å²) >= 11 is 3.50. The lowest BCUT2D eigenvalue weighted by Crippen LogP contribution is -2.05. The highest BCUT2D eigenvalue weighted by molar-refractivity contribution is 9.10. The predicted octanol–water partition coefficient (Wildman–Crippen LogP) is 2.99. The highest BCUT2D eigenvalue weighted by Gasteiger charge is 2.11. The summed E-state index contributed by atoms with van der Waals surface area (Å²) in [7, 11) is 1.96. The molecular formula is C15H13BrN6. The van der Waals surface area contributed by atoms with Gasteiger partial charge in [0.05, 0.1) is 28.4 Å².